The number of fused-ring (bicyclic) bond motifs is 2. The molecule has 2 heterocycles. The van der Waals surface area contributed by atoms with Gasteiger partial charge >= 0.3 is 0 Å². The maximum Gasteiger partial charge on any atom is 0.262 e. The Morgan fingerprint density at radius 1 is 1.21 bits per heavy atom. The van der Waals surface area contributed by atoms with E-state index >= 15 is 0 Å². The molecule has 0 saturated heterocycles. The van der Waals surface area contributed by atoms with Crippen LogP contribution in [0.25, 0.3) is 10.9 Å². The van der Waals surface area contributed by atoms with Crippen molar-refractivity contribution in [3.05, 3.63) is 69.5 Å². The van der Waals surface area contributed by atoms with E-state index in [4.69, 9.17) is 11.6 Å². The van der Waals surface area contributed by atoms with Crippen LogP contribution in [0.3, 0.4) is 0 Å². The highest BCUT2D eigenvalue weighted by atomic mass is 35.5. The lowest BCUT2D eigenvalue weighted by molar-refractivity contribution is 0.558. The number of halogens is 1. The second-order valence-corrected chi connectivity index (χ2v) is 8.15. The van der Waals surface area contributed by atoms with Crippen molar-refractivity contribution in [3.8, 4) is 0 Å². The van der Waals surface area contributed by atoms with Crippen molar-refractivity contribution in [2.75, 3.05) is 11.5 Å². The first-order valence-corrected chi connectivity index (χ1v) is 10.2. The maximum absolute atomic E-state index is 12.8. The van der Waals surface area contributed by atoms with E-state index < -0.39 is 0 Å². The molecule has 0 radical (unpaired) electrons. The summed E-state index contributed by atoms with van der Waals surface area (Å²) < 4.78 is 1.88. The summed E-state index contributed by atoms with van der Waals surface area (Å²) >= 11 is 9.43. The zero-order valence-electron chi connectivity index (χ0n) is 12.8. The van der Waals surface area contributed by atoms with Gasteiger partial charge in [0.25, 0.3) is 5.56 Å². The summed E-state index contributed by atoms with van der Waals surface area (Å²) in [5, 5.41) is 2.31. The number of benzene rings is 2. The zero-order chi connectivity index (χ0) is 16.5. The monoisotopic (exact) mass is 374 g/mol. The second kappa shape index (κ2) is 6.82. The number of thioether (sulfide) groups is 2. The fourth-order valence-electron chi connectivity index (χ4n) is 2.81. The molecule has 0 saturated carbocycles. The normalized spacial score (nSPS) is 16.5. The van der Waals surface area contributed by atoms with Gasteiger partial charge in [-0.1, -0.05) is 47.6 Å². The van der Waals surface area contributed by atoms with E-state index in [1.165, 1.54) is 5.56 Å². The molecule has 122 valence electrons. The van der Waals surface area contributed by atoms with E-state index in [2.05, 4.69) is 4.98 Å². The average molecular weight is 375 g/mol. The van der Waals surface area contributed by atoms with Gasteiger partial charge in [0, 0.05) is 22.3 Å². The van der Waals surface area contributed by atoms with Gasteiger partial charge in [-0.25, -0.2) is 4.98 Å². The van der Waals surface area contributed by atoms with Crippen LogP contribution in [-0.4, -0.2) is 21.1 Å². The Balaban J connectivity index is 1.52. The number of nitrogens with zero attached hydrogens (tertiary/aromatic N) is 2. The Labute approximate surface area is 153 Å². The van der Waals surface area contributed by atoms with Crippen molar-refractivity contribution in [1.82, 2.24) is 9.55 Å². The van der Waals surface area contributed by atoms with Crippen LogP contribution in [0.1, 0.15) is 11.6 Å². The minimum absolute atomic E-state index is 0.0812. The molecule has 0 bridgehead atoms. The molecule has 3 aromatic rings. The molecule has 0 amide bonds. The second-order valence-electron chi connectivity index (χ2n) is 5.69. The smallest absolute Gasteiger partial charge is 0.262 e. The summed E-state index contributed by atoms with van der Waals surface area (Å²) in [6.45, 7) is 0. The van der Waals surface area contributed by atoms with Gasteiger partial charge < -0.3 is 0 Å². The summed E-state index contributed by atoms with van der Waals surface area (Å²) in [4.78, 5) is 17.4. The highest BCUT2D eigenvalue weighted by Crippen LogP contribution is 2.33. The van der Waals surface area contributed by atoms with Crippen LogP contribution >= 0.6 is 35.1 Å². The van der Waals surface area contributed by atoms with Crippen molar-refractivity contribution in [2.24, 2.45) is 0 Å². The first kappa shape index (κ1) is 16.1. The fraction of sp³-hybridized carbons (Fsp3) is 0.222. The third kappa shape index (κ3) is 3.08. The van der Waals surface area contributed by atoms with Crippen molar-refractivity contribution in [3.63, 3.8) is 0 Å². The van der Waals surface area contributed by atoms with E-state index in [1.54, 1.807) is 11.8 Å². The standard InChI is InChI=1S/C18H15ClN2OS2/c19-13-7-5-12(6-8-13)9-23-10-14-11-24-18-20-16-4-2-1-3-15(16)17(22)21(14)18/h1-8,14H,9-11H2/t14-/m1/s1. The SMILES string of the molecule is O=c1c2ccccc2nc2n1[C@H](CSCc1ccc(Cl)cc1)CS2. The summed E-state index contributed by atoms with van der Waals surface area (Å²) in [6, 6.07) is 15.7. The van der Waals surface area contributed by atoms with Crippen molar-refractivity contribution in [1.29, 1.82) is 0 Å². The Morgan fingerprint density at radius 3 is 2.83 bits per heavy atom. The van der Waals surface area contributed by atoms with Crippen LogP contribution < -0.4 is 5.56 Å². The molecule has 6 heteroatoms. The van der Waals surface area contributed by atoms with Gasteiger partial charge in [-0.2, -0.15) is 11.8 Å². The minimum atomic E-state index is 0.0812. The Morgan fingerprint density at radius 2 is 2.00 bits per heavy atom. The molecule has 1 aromatic heterocycles. The highest BCUT2D eigenvalue weighted by molar-refractivity contribution is 8.00. The molecule has 2 aromatic carbocycles. The molecule has 1 atom stereocenters. The average Bonchev–Trinajstić information content (AvgIpc) is 3.00. The quantitative estimate of drug-likeness (QED) is 0.623. The minimum Gasteiger partial charge on any atom is -0.282 e. The molecular formula is C18H15ClN2OS2. The van der Waals surface area contributed by atoms with Gasteiger partial charge in [0.2, 0.25) is 0 Å². The number of para-hydroxylation sites is 1. The fourth-order valence-corrected chi connectivity index (χ4v) is 5.31. The van der Waals surface area contributed by atoms with Crippen LogP contribution in [0.5, 0.6) is 0 Å². The van der Waals surface area contributed by atoms with E-state index in [0.29, 0.717) is 5.39 Å². The Kier molecular flexibility index (Phi) is 4.57. The summed E-state index contributed by atoms with van der Waals surface area (Å²) in [5.74, 6) is 2.73. The van der Waals surface area contributed by atoms with Crippen molar-refractivity contribution in [2.45, 2.75) is 17.0 Å². The molecular weight excluding hydrogens is 360 g/mol. The Hall–Kier alpha value is -1.43. The number of hydrogen-bond acceptors (Lipinski definition) is 4. The van der Waals surface area contributed by atoms with E-state index in [1.807, 2.05) is 64.9 Å². The molecule has 1 aliphatic heterocycles. The zero-order valence-corrected chi connectivity index (χ0v) is 15.2. The molecule has 24 heavy (non-hydrogen) atoms. The molecule has 4 rings (SSSR count). The van der Waals surface area contributed by atoms with Gasteiger partial charge in [0.15, 0.2) is 5.16 Å². The summed E-state index contributed by atoms with van der Waals surface area (Å²) in [6.07, 6.45) is 0. The first-order valence-electron chi connectivity index (χ1n) is 7.68. The third-order valence-corrected chi connectivity index (χ3v) is 6.55. The topological polar surface area (TPSA) is 34.9 Å². The largest absolute Gasteiger partial charge is 0.282 e. The van der Waals surface area contributed by atoms with Gasteiger partial charge in [-0.3, -0.25) is 9.36 Å². The summed E-state index contributed by atoms with van der Waals surface area (Å²) in [7, 11) is 0. The van der Waals surface area contributed by atoms with E-state index in [-0.39, 0.29) is 11.6 Å². The van der Waals surface area contributed by atoms with Gasteiger partial charge in [0.05, 0.1) is 16.9 Å². The number of rotatable bonds is 4. The highest BCUT2D eigenvalue weighted by Gasteiger charge is 2.26. The van der Waals surface area contributed by atoms with E-state index in [9.17, 15) is 4.79 Å². The lowest BCUT2D eigenvalue weighted by Gasteiger charge is -2.13. The molecule has 0 unspecified atom stereocenters. The molecule has 1 aliphatic rings. The van der Waals surface area contributed by atoms with Crippen molar-refractivity contribution >= 4 is 46.0 Å². The lowest BCUT2D eigenvalue weighted by Crippen LogP contribution is -2.26. The first-order chi connectivity index (χ1) is 11.7. The summed E-state index contributed by atoms with van der Waals surface area (Å²) in [5.41, 5.74) is 2.12. The molecule has 0 spiro atoms. The predicted octanol–water partition coefficient (Wildman–Crippen LogP) is 4.63. The van der Waals surface area contributed by atoms with Gasteiger partial charge in [-0.15, -0.1) is 0 Å². The van der Waals surface area contributed by atoms with Crippen LogP contribution in [-0.2, 0) is 5.75 Å². The van der Waals surface area contributed by atoms with Gasteiger partial charge in [-0.05, 0) is 29.8 Å². The number of hydrogen-bond donors (Lipinski definition) is 0. The third-order valence-electron chi connectivity index (χ3n) is 4.04. The van der Waals surface area contributed by atoms with Crippen LogP contribution in [0.4, 0.5) is 0 Å². The Bertz CT molecular complexity index is 940. The van der Waals surface area contributed by atoms with Crippen LogP contribution in [0.15, 0.2) is 58.5 Å². The molecule has 0 N–H and O–H groups in total. The molecule has 0 aliphatic carbocycles. The maximum atomic E-state index is 12.8. The molecule has 3 nitrogen and oxygen atoms in total. The van der Waals surface area contributed by atoms with Gasteiger partial charge in [0.1, 0.15) is 0 Å². The number of aromatic nitrogens is 2. The van der Waals surface area contributed by atoms with Crippen LogP contribution in [0, 0.1) is 0 Å². The van der Waals surface area contributed by atoms with Crippen molar-refractivity contribution < 1.29 is 0 Å². The molecule has 0 fully saturated rings. The predicted molar refractivity (Wildman–Crippen MR) is 103 cm³/mol. The lowest BCUT2D eigenvalue weighted by atomic mass is 10.2. The van der Waals surface area contributed by atoms with E-state index in [0.717, 1.165) is 33.0 Å². The van der Waals surface area contributed by atoms with Crippen LogP contribution in [0.2, 0.25) is 5.02 Å².